The molecule has 18 heavy (non-hydrogen) atoms. The lowest BCUT2D eigenvalue weighted by Gasteiger charge is -2.32. The van der Waals surface area contributed by atoms with Gasteiger partial charge < -0.3 is 15.0 Å². The van der Waals surface area contributed by atoms with Crippen LogP contribution in [-0.4, -0.2) is 49.1 Å². The molecule has 0 aromatic carbocycles. The van der Waals surface area contributed by atoms with Gasteiger partial charge >= 0.3 is 0 Å². The van der Waals surface area contributed by atoms with Crippen molar-refractivity contribution in [3.8, 4) is 5.75 Å². The highest BCUT2D eigenvalue weighted by Crippen LogP contribution is 2.20. The standard InChI is InChI=1S/C13H19N3O2/c1-14-10-4-3-7-16(9-10)13(17)11-5-6-15-8-12(11)18-2/h5-6,8,10,14H,3-4,7,9H2,1-2H3. The van der Waals surface area contributed by atoms with E-state index in [4.69, 9.17) is 4.74 Å². The van der Waals surface area contributed by atoms with Gasteiger partial charge in [0.15, 0.2) is 0 Å². The van der Waals surface area contributed by atoms with Gasteiger partial charge in [0.2, 0.25) is 0 Å². The van der Waals surface area contributed by atoms with E-state index in [9.17, 15) is 4.79 Å². The van der Waals surface area contributed by atoms with E-state index in [0.717, 1.165) is 25.9 Å². The van der Waals surface area contributed by atoms with Crippen molar-refractivity contribution in [3.05, 3.63) is 24.0 Å². The van der Waals surface area contributed by atoms with E-state index < -0.39 is 0 Å². The number of carbonyl (C=O) groups is 1. The average molecular weight is 249 g/mol. The van der Waals surface area contributed by atoms with Gasteiger partial charge in [-0.1, -0.05) is 0 Å². The smallest absolute Gasteiger partial charge is 0.257 e. The van der Waals surface area contributed by atoms with E-state index in [0.29, 0.717) is 17.4 Å². The van der Waals surface area contributed by atoms with Crippen LogP contribution in [0.5, 0.6) is 5.75 Å². The number of nitrogens with one attached hydrogen (secondary N) is 1. The Balaban J connectivity index is 2.15. The van der Waals surface area contributed by atoms with Gasteiger partial charge in [-0.15, -0.1) is 0 Å². The first-order chi connectivity index (χ1) is 8.76. The molecule has 0 radical (unpaired) electrons. The third-order valence-electron chi connectivity index (χ3n) is 3.35. The fraction of sp³-hybridized carbons (Fsp3) is 0.538. The van der Waals surface area contributed by atoms with Crippen molar-refractivity contribution in [3.63, 3.8) is 0 Å². The fourth-order valence-corrected chi connectivity index (χ4v) is 2.29. The van der Waals surface area contributed by atoms with Crippen LogP contribution in [0.3, 0.4) is 0 Å². The second-order valence-corrected chi connectivity index (χ2v) is 4.45. The molecule has 1 saturated heterocycles. The number of likely N-dealkylation sites (tertiary alicyclic amines) is 1. The molecule has 98 valence electrons. The third kappa shape index (κ3) is 2.61. The van der Waals surface area contributed by atoms with Gasteiger partial charge in [-0.3, -0.25) is 9.78 Å². The molecule has 1 unspecified atom stereocenters. The molecule has 0 saturated carbocycles. The maximum absolute atomic E-state index is 12.4. The minimum atomic E-state index is 0.0224. The van der Waals surface area contributed by atoms with Crippen molar-refractivity contribution in [1.82, 2.24) is 15.2 Å². The van der Waals surface area contributed by atoms with E-state index in [2.05, 4.69) is 10.3 Å². The predicted molar refractivity (Wildman–Crippen MR) is 68.8 cm³/mol. The number of likely N-dealkylation sites (N-methyl/N-ethyl adjacent to an activating group) is 1. The molecule has 0 bridgehead atoms. The molecule has 1 atom stereocenters. The number of nitrogens with zero attached hydrogens (tertiary/aromatic N) is 2. The largest absolute Gasteiger partial charge is 0.494 e. The quantitative estimate of drug-likeness (QED) is 0.865. The summed E-state index contributed by atoms with van der Waals surface area (Å²) in [5, 5.41) is 3.23. The van der Waals surface area contributed by atoms with Gasteiger partial charge in [0.1, 0.15) is 5.75 Å². The zero-order valence-electron chi connectivity index (χ0n) is 10.8. The van der Waals surface area contributed by atoms with Crippen molar-refractivity contribution >= 4 is 5.91 Å². The summed E-state index contributed by atoms with van der Waals surface area (Å²) in [5.41, 5.74) is 0.587. The predicted octanol–water partition coefficient (Wildman–Crippen LogP) is 0.914. The molecule has 5 nitrogen and oxygen atoms in total. The summed E-state index contributed by atoms with van der Waals surface area (Å²) in [6, 6.07) is 2.10. The van der Waals surface area contributed by atoms with Crippen molar-refractivity contribution < 1.29 is 9.53 Å². The first-order valence-corrected chi connectivity index (χ1v) is 6.20. The minimum Gasteiger partial charge on any atom is -0.494 e. The Labute approximate surface area is 107 Å². The lowest BCUT2D eigenvalue weighted by molar-refractivity contribution is 0.0694. The Morgan fingerprint density at radius 2 is 2.44 bits per heavy atom. The summed E-state index contributed by atoms with van der Waals surface area (Å²) in [7, 11) is 3.49. The third-order valence-corrected chi connectivity index (χ3v) is 3.35. The van der Waals surface area contributed by atoms with Crippen molar-refractivity contribution in [1.29, 1.82) is 0 Å². The highest BCUT2D eigenvalue weighted by atomic mass is 16.5. The number of hydrogen-bond acceptors (Lipinski definition) is 4. The van der Waals surface area contributed by atoms with E-state index in [1.807, 2.05) is 11.9 Å². The monoisotopic (exact) mass is 249 g/mol. The number of pyridine rings is 1. The molecule has 1 amide bonds. The Bertz CT molecular complexity index is 422. The molecule has 0 spiro atoms. The number of rotatable bonds is 3. The minimum absolute atomic E-state index is 0.0224. The SMILES string of the molecule is CNC1CCCN(C(=O)c2ccncc2OC)C1. The number of hydrogen-bond donors (Lipinski definition) is 1. The van der Waals surface area contributed by atoms with Crippen molar-refractivity contribution in [2.45, 2.75) is 18.9 Å². The molecule has 1 aliphatic rings. The van der Waals surface area contributed by atoms with Gasteiger partial charge in [-0.2, -0.15) is 0 Å². The van der Waals surface area contributed by atoms with Crippen LogP contribution in [-0.2, 0) is 0 Å². The topological polar surface area (TPSA) is 54.5 Å². The molecule has 1 aromatic heterocycles. The molecular formula is C13H19N3O2. The molecule has 0 aliphatic carbocycles. The van der Waals surface area contributed by atoms with Gasteiger partial charge in [0, 0.05) is 25.3 Å². The normalized spacial score (nSPS) is 19.7. The number of ether oxygens (including phenoxy) is 1. The maximum Gasteiger partial charge on any atom is 0.257 e. The molecule has 2 rings (SSSR count). The number of carbonyl (C=O) groups excluding carboxylic acids is 1. The summed E-state index contributed by atoms with van der Waals surface area (Å²) >= 11 is 0. The molecular weight excluding hydrogens is 230 g/mol. The van der Waals surface area contributed by atoms with Crippen molar-refractivity contribution in [2.75, 3.05) is 27.2 Å². The Morgan fingerprint density at radius 1 is 1.61 bits per heavy atom. The van der Waals surface area contributed by atoms with Gasteiger partial charge in [-0.05, 0) is 26.0 Å². The second-order valence-electron chi connectivity index (χ2n) is 4.45. The lowest BCUT2D eigenvalue weighted by atomic mass is 10.0. The van der Waals surface area contributed by atoms with E-state index in [-0.39, 0.29) is 5.91 Å². The summed E-state index contributed by atoms with van der Waals surface area (Å²) in [4.78, 5) is 18.3. The van der Waals surface area contributed by atoms with Crippen LogP contribution in [0, 0.1) is 0 Å². The highest BCUT2D eigenvalue weighted by molar-refractivity contribution is 5.96. The Morgan fingerprint density at radius 3 is 3.17 bits per heavy atom. The first-order valence-electron chi connectivity index (χ1n) is 6.20. The fourth-order valence-electron chi connectivity index (χ4n) is 2.29. The molecule has 5 heteroatoms. The van der Waals surface area contributed by atoms with Crippen LogP contribution < -0.4 is 10.1 Å². The summed E-state index contributed by atoms with van der Waals surface area (Å²) in [6.45, 7) is 1.56. The highest BCUT2D eigenvalue weighted by Gasteiger charge is 2.25. The number of piperidine rings is 1. The van der Waals surface area contributed by atoms with E-state index in [1.165, 1.54) is 0 Å². The Kier molecular flexibility index (Phi) is 4.15. The van der Waals surface area contributed by atoms with Gasteiger partial charge in [0.25, 0.3) is 5.91 Å². The number of aromatic nitrogens is 1. The maximum atomic E-state index is 12.4. The van der Waals surface area contributed by atoms with Gasteiger partial charge in [-0.25, -0.2) is 0 Å². The summed E-state index contributed by atoms with van der Waals surface area (Å²) in [6.07, 6.45) is 5.35. The second kappa shape index (κ2) is 5.82. The zero-order valence-corrected chi connectivity index (χ0v) is 10.8. The molecule has 2 heterocycles. The Hall–Kier alpha value is -1.62. The van der Waals surface area contributed by atoms with Crippen LogP contribution in [0.4, 0.5) is 0 Å². The van der Waals surface area contributed by atoms with E-state index in [1.54, 1.807) is 25.6 Å². The van der Waals surface area contributed by atoms with Crippen LogP contribution in [0.2, 0.25) is 0 Å². The van der Waals surface area contributed by atoms with Crippen molar-refractivity contribution in [2.24, 2.45) is 0 Å². The average Bonchev–Trinajstić information content (AvgIpc) is 2.46. The molecule has 1 fully saturated rings. The number of methoxy groups -OCH3 is 1. The molecule has 1 aromatic rings. The van der Waals surface area contributed by atoms with Gasteiger partial charge in [0.05, 0.1) is 18.9 Å². The van der Waals surface area contributed by atoms with Crippen LogP contribution in [0.1, 0.15) is 23.2 Å². The summed E-state index contributed by atoms with van der Waals surface area (Å²) in [5.74, 6) is 0.559. The lowest BCUT2D eigenvalue weighted by Crippen LogP contribution is -2.47. The summed E-state index contributed by atoms with van der Waals surface area (Å²) < 4.78 is 5.18. The van der Waals surface area contributed by atoms with E-state index >= 15 is 0 Å². The number of amides is 1. The molecule has 1 N–H and O–H groups in total. The molecule has 1 aliphatic heterocycles. The van der Waals surface area contributed by atoms with Crippen LogP contribution in [0.25, 0.3) is 0 Å². The first kappa shape index (κ1) is 12.8. The zero-order chi connectivity index (χ0) is 13.0. The van der Waals surface area contributed by atoms with Crippen LogP contribution in [0.15, 0.2) is 18.5 Å². The van der Waals surface area contributed by atoms with Crippen LogP contribution >= 0.6 is 0 Å².